The van der Waals surface area contributed by atoms with Gasteiger partial charge in [-0.15, -0.1) is 0 Å². The number of fused-ring (bicyclic) bond motifs is 1. The highest BCUT2D eigenvalue weighted by Gasteiger charge is 2.34. The summed E-state index contributed by atoms with van der Waals surface area (Å²) in [6.45, 7) is 1.76. The van der Waals surface area contributed by atoms with Crippen LogP contribution in [0.3, 0.4) is 0 Å². The van der Waals surface area contributed by atoms with Gasteiger partial charge in [0.15, 0.2) is 11.5 Å². The summed E-state index contributed by atoms with van der Waals surface area (Å²) < 4.78 is 5.43. The fourth-order valence-electron chi connectivity index (χ4n) is 3.01. The van der Waals surface area contributed by atoms with E-state index in [2.05, 4.69) is 15.4 Å². The molecule has 2 aromatic carbocycles. The number of carbonyl (C=O) groups excluding carboxylic acids is 2. The summed E-state index contributed by atoms with van der Waals surface area (Å²) >= 11 is 0. The van der Waals surface area contributed by atoms with E-state index >= 15 is 0 Å². The second-order valence-electron chi connectivity index (χ2n) is 6.22. The number of anilines is 2. The standard InChI is InChI=1S/C19H17N5O3/c1-11-21-14-9-12(7-8-17(14)27-11)22-19(26)15-10-16(18(20)25)24(23-15)13-5-3-2-4-6-13/h2-9,16H,10H2,1H3,(H2,20,25)(H,22,26)/t16-/m0/s1. The number of para-hydroxylation sites is 1. The summed E-state index contributed by atoms with van der Waals surface area (Å²) in [5.74, 6) is -0.374. The smallest absolute Gasteiger partial charge is 0.271 e. The van der Waals surface area contributed by atoms with Crippen molar-refractivity contribution in [1.29, 1.82) is 0 Å². The minimum Gasteiger partial charge on any atom is -0.441 e. The molecule has 0 saturated heterocycles. The number of hydrazone groups is 1. The van der Waals surface area contributed by atoms with Gasteiger partial charge in [-0.3, -0.25) is 14.6 Å². The van der Waals surface area contributed by atoms with E-state index in [0.717, 1.165) is 0 Å². The molecule has 0 radical (unpaired) electrons. The van der Waals surface area contributed by atoms with Gasteiger partial charge in [0.25, 0.3) is 5.91 Å². The number of carbonyl (C=O) groups is 2. The van der Waals surface area contributed by atoms with Crippen LogP contribution in [-0.4, -0.2) is 28.6 Å². The van der Waals surface area contributed by atoms with E-state index in [1.54, 1.807) is 37.3 Å². The molecule has 0 aliphatic carbocycles. The van der Waals surface area contributed by atoms with E-state index in [-0.39, 0.29) is 18.0 Å². The Morgan fingerprint density at radius 3 is 2.74 bits per heavy atom. The molecule has 0 spiro atoms. The van der Waals surface area contributed by atoms with Crippen molar-refractivity contribution in [2.45, 2.75) is 19.4 Å². The Morgan fingerprint density at radius 2 is 2.00 bits per heavy atom. The highest BCUT2D eigenvalue weighted by molar-refractivity contribution is 6.44. The highest BCUT2D eigenvalue weighted by atomic mass is 16.3. The van der Waals surface area contributed by atoms with E-state index in [1.807, 2.05) is 18.2 Å². The lowest BCUT2D eigenvalue weighted by Gasteiger charge is -2.20. The van der Waals surface area contributed by atoms with Gasteiger partial charge in [0.2, 0.25) is 5.91 Å². The Morgan fingerprint density at radius 1 is 1.22 bits per heavy atom. The lowest BCUT2D eigenvalue weighted by atomic mass is 10.1. The Balaban J connectivity index is 1.57. The van der Waals surface area contributed by atoms with Crippen molar-refractivity contribution in [3.05, 3.63) is 54.4 Å². The van der Waals surface area contributed by atoms with Crippen LogP contribution in [0.25, 0.3) is 11.1 Å². The molecule has 0 saturated carbocycles. The largest absolute Gasteiger partial charge is 0.441 e. The Labute approximate surface area is 154 Å². The zero-order chi connectivity index (χ0) is 19.0. The van der Waals surface area contributed by atoms with Crippen LogP contribution in [-0.2, 0) is 9.59 Å². The van der Waals surface area contributed by atoms with Gasteiger partial charge in [-0.2, -0.15) is 5.10 Å². The van der Waals surface area contributed by atoms with Crippen molar-refractivity contribution in [3.63, 3.8) is 0 Å². The van der Waals surface area contributed by atoms with E-state index in [9.17, 15) is 9.59 Å². The normalized spacial score (nSPS) is 16.4. The first-order valence-electron chi connectivity index (χ1n) is 8.41. The number of nitrogens with zero attached hydrogens (tertiary/aromatic N) is 3. The van der Waals surface area contributed by atoms with Crippen LogP contribution >= 0.6 is 0 Å². The number of aryl methyl sites for hydroxylation is 1. The molecule has 1 aliphatic rings. The van der Waals surface area contributed by atoms with Crippen LogP contribution in [0.4, 0.5) is 11.4 Å². The second kappa shape index (κ2) is 6.56. The number of hydrogen-bond acceptors (Lipinski definition) is 6. The third-order valence-corrected chi connectivity index (χ3v) is 4.27. The van der Waals surface area contributed by atoms with Crippen molar-refractivity contribution in [2.24, 2.45) is 10.8 Å². The fourth-order valence-corrected chi connectivity index (χ4v) is 3.01. The average Bonchev–Trinajstić information content (AvgIpc) is 3.25. The van der Waals surface area contributed by atoms with E-state index in [4.69, 9.17) is 10.2 Å². The van der Waals surface area contributed by atoms with Crippen molar-refractivity contribution in [2.75, 3.05) is 10.3 Å². The van der Waals surface area contributed by atoms with Crippen LogP contribution in [0.2, 0.25) is 0 Å². The van der Waals surface area contributed by atoms with Crippen LogP contribution in [0.1, 0.15) is 12.3 Å². The number of nitrogens with one attached hydrogen (secondary N) is 1. The molecule has 0 unspecified atom stereocenters. The maximum absolute atomic E-state index is 12.6. The van der Waals surface area contributed by atoms with Gasteiger partial charge in [0.1, 0.15) is 17.3 Å². The van der Waals surface area contributed by atoms with Gasteiger partial charge in [-0.05, 0) is 30.3 Å². The first-order valence-corrected chi connectivity index (χ1v) is 8.41. The molecule has 1 atom stereocenters. The summed E-state index contributed by atoms with van der Waals surface area (Å²) in [7, 11) is 0. The van der Waals surface area contributed by atoms with Crippen LogP contribution in [0.15, 0.2) is 58.0 Å². The maximum atomic E-state index is 12.6. The lowest BCUT2D eigenvalue weighted by Crippen LogP contribution is -2.39. The number of amides is 2. The molecule has 4 rings (SSSR count). The summed E-state index contributed by atoms with van der Waals surface area (Å²) in [6.07, 6.45) is 0.140. The average molecular weight is 363 g/mol. The van der Waals surface area contributed by atoms with Crippen molar-refractivity contribution < 1.29 is 14.0 Å². The zero-order valence-electron chi connectivity index (χ0n) is 14.5. The molecule has 3 aromatic rings. The molecule has 0 bridgehead atoms. The zero-order valence-corrected chi connectivity index (χ0v) is 14.5. The topological polar surface area (TPSA) is 114 Å². The molecule has 2 heterocycles. The molecule has 3 N–H and O–H groups in total. The second-order valence-corrected chi connectivity index (χ2v) is 6.22. The summed E-state index contributed by atoms with van der Waals surface area (Å²) in [6, 6.07) is 13.6. The van der Waals surface area contributed by atoms with Crippen molar-refractivity contribution in [1.82, 2.24) is 4.98 Å². The van der Waals surface area contributed by atoms with E-state index in [0.29, 0.717) is 28.4 Å². The molecule has 8 heteroatoms. The molecular formula is C19H17N5O3. The Hall–Kier alpha value is -3.68. The van der Waals surface area contributed by atoms with Gasteiger partial charge in [-0.25, -0.2) is 4.98 Å². The minimum absolute atomic E-state index is 0.140. The molecule has 0 fully saturated rings. The van der Waals surface area contributed by atoms with Crippen LogP contribution in [0, 0.1) is 6.92 Å². The predicted octanol–water partition coefficient (Wildman–Crippen LogP) is 2.19. The van der Waals surface area contributed by atoms with E-state index in [1.165, 1.54) is 5.01 Å². The minimum atomic E-state index is -0.700. The molecule has 8 nitrogen and oxygen atoms in total. The number of primary amides is 1. The quantitative estimate of drug-likeness (QED) is 0.737. The van der Waals surface area contributed by atoms with Gasteiger partial charge in [-0.1, -0.05) is 18.2 Å². The number of rotatable bonds is 4. The Bertz CT molecular complexity index is 1060. The molecule has 2 amide bonds. The lowest BCUT2D eigenvalue weighted by molar-refractivity contribution is -0.119. The first-order chi connectivity index (χ1) is 13.0. The monoisotopic (exact) mass is 363 g/mol. The molecule has 136 valence electrons. The van der Waals surface area contributed by atoms with Gasteiger partial charge < -0.3 is 15.5 Å². The van der Waals surface area contributed by atoms with Crippen LogP contribution < -0.4 is 16.1 Å². The summed E-state index contributed by atoms with van der Waals surface area (Å²) in [5, 5.41) is 8.60. The SMILES string of the molecule is Cc1nc2cc(NC(=O)C3=NN(c4ccccc4)[C@H](C(N)=O)C3)ccc2o1. The number of nitrogens with two attached hydrogens (primary N) is 1. The van der Waals surface area contributed by atoms with Crippen LogP contribution in [0.5, 0.6) is 0 Å². The maximum Gasteiger partial charge on any atom is 0.271 e. The third kappa shape index (κ3) is 3.24. The number of oxazole rings is 1. The van der Waals surface area contributed by atoms with Gasteiger partial charge in [0, 0.05) is 19.0 Å². The van der Waals surface area contributed by atoms with Crippen molar-refractivity contribution in [3.8, 4) is 0 Å². The third-order valence-electron chi connectivity index (χ3n) is 4.27. The molecule has 1 aromatic heterocycles. The van der Waals surface area contributed by atoms with Gasteiger partial charge in [0.05, 0.1) is 5.69 Å². The van der Waals surface area contributed by atoms with Gasteiger partial charge >= 0.3 is 0 Å². The van der Waals surface area contributed by atoms with Crippen molar-refractivity contribution >= 4 is 40.0 Å². The number of benzene rings is 2. The fraction of sp³-hybridized carbons (Fsp3) is 0.158. The Kier molecular flexibility index (Phi) is 4.08. The number of hydrogen-bond donors (Lipinski definition) is 2. The number of aromatic nitrogens is 1. The molecular weight excluding hydrogens is 346 g/mol. The summed E-state index contributed by atoms with van der Waals surface area (Å²) in [5.41, 5.74) is 8.30. The molecule has 1 aliphatic heterocycles. The van der Waals surface area contributed by atoms with E-state index < -0.39 is 11.9 Å². The first kappa shape index (κ1) is 16.8. The summed E-state index contributed by atoms with van der Waals surface area (Å²) in [4.78, 5) is 28.7. The highest BCUT2D eigenvalue weighted by Crippen LogP contribution is 2.25. The molecule has 27 heavy (non-hydrogen) atoms. The predicted molar refractivity (Wildman–Crippen MR) is 101 cm³/mol.